The molecule has 0 aliphatic carbocycles. The Morgan fingerprint density at radius 2 is 2.22 bits per heavy atom. The third kappa shape index (κ3) is 3.53. The molecule has 0 unspecified atom stereocenters. The average Bonchev–Trinajstić information content (AvgIpc) is 2.58. The van der Waals surface area contributed by atoms with Gasteiger partial charge in [0.1, 0.15) is 0 Å². The van der Waals surface area contributed by atoms with Crippen LogP contribution in [0.25, 0.3) is 0 Å². The van der Waals surface area contributed by atoms with E-state index in [1.165, 1.54) is 0 Å². The molecule has 2 N–H and O–H groups in total. The minimum Gasteiger partial charge on any atom is -0.393 e. The fourth-order valence-electron chi connectivity index (χ4n) is 1.64. The molecular formula is C12H20N4OS. The number of amides is 1. The van der Waals surface area contributed by atoms with Crippen LogP contribution in [0, 0.1) is 6.92 Å². The van der Waals surface area contributed by atoms with Gasteiger partial charge in [-0.05, 0) is 26.8 Å². The molecule has 0 radical (unpaired) electrons. The van der Waals surface area contributed by atoms with E-state index in [0.29, 0.717) is 23.6 Å². The Hall–Kier alpha value is -1.43. The van der Waals surface area contributed by atoms with Gasteiger partial charge in [0.2, 0.25) is 0 Å². The standard InChI is InChI=1S/C12H20N4OS/c1-8(2)16(6-5-11(13)18)12(17)10-7-9(3)15(4)14-10/h7-8H,5-6H2,1-4H3,(H2,13,18). The minimum atomic E-state index is -0.0787. The van der Waals surface area contributed by atoms with Crippen molar-refractivity contribution in [1.29, 1.82) is 0 Å². The molecule has 100 valence electrons. The quantitative estimate of drug-likeness (QED) is 0.816. The second-order valence-corrected chi connectivity index (χ2v) is 5.13. The molecule has 0 saturated heterocycles. The molecule has 0 aliphatic heterocycles. The second kappa shape index (κ2) is 5.95. The highest BCUT2D eigenvalue weighted by Gasteiger charge is 2.21. The van der Waals surface area contributed by atoms with Crippen LogP contribution in [0.15, 0.2) is 6.07 Å². The van der Waals surface area contributed by atoms with Gasteiger partial charge >= 0.3 is 0 Å². The van der Waals surface area contributed by atoms with Gasteiger partial charge in [-0.2, -0.15) is 5.10 Å². The van der Waals surface area contributed by atoms with E-state index in [1.807, 2.05) is 27.8 Å². The number of thiocarbonyl (C=S) groups is 1. The second-order valence-electron chi connectivity index (χ2n) is 4.60. The number of carbonyl (C=O) groups excluding carboxylic acids is 1. The first-order chi connectivity index (χ1) is 8.32. The Bertz CT molecular complexity index is 433. The zero-order valence-corrected chi connectivity index (χ0v) is 12.1. The van der Waals surface area contributed by atoms with E-state index in [2.05, 4.69) is 5.10 Å². The van der Waals surface area contributed by atoms with Gasteiger partial charge in [-0.25, -0.2) is 0 Å². The van der Waals surface area contributed by atoms with E-state index >= 15 is 0 Å². The Balaban J connectivity index is 2.85. The van der Waals surface area contributed by atoms with Gasteiger partial charge in [-0.1, -0.05) is 12.2 Å². The van der Waals surface area contributed by atoms with Crippen LogP contribution in [0.3, 0.4) is 0 Å². The first kappa shape index (κ1) is 14.6. The highest BCUT2D eigenvalue weighted by Crippen LogP contribution is 2.09. The summed E-state index contributed by atoms with van der Waals surface area (Å²) in [7, 11) is 1.82. The van der Waals surface area contributed by atoms with Crippen LogP contribution in [0.5, 0.6) is 0 Å². The lowest BCUT2D eigenvalue weighted by Crippen LogP contribution is -2.39. The summed E-state index contributed by atoms with van der Waals surface area (Å²) in [5.41, 5.74) is 6.90. The van der Waals surface area contributed by atoms with Crippen molar-refractivity contribution >= 4 is 23.1 Å². The topological polar surface area (TPSA) is 64.2 Å². The van der Waals surface area contributed by atoms with E-state index in [9.17, 15) is 4.79 Å². The molecule has 0 spiro atoms. The molecule has 1 amide bonds. The maximum atomic E-state index is 12.3. The van der Waals surface area contributed by atoms with Crippen molar-refractivity contribution in [3.05, 3.63) is 17.5 Å². The summed E-state index contributed by atoms with van der Waals surface area (Å²) >= 11 is 4.85. The van der Waals surface area contributed by atoms with Gasteiger partial charge in [-0.3, -0.25) is 9.48 Å². The molecule has 5 nitrogen and oxygen atoms in total. The Kier molecular flexibility index (Phi) is 4.84. The van der Waals surface area contributed by atoms with Crippen molar-refractivity contribution in [2.24, 2.45) is 12.8 Å². The van der Waals surface area contributed by atoms with E-state index in [4.69, 9.17) is 18.0 Å². The van der Waals surface area contributed by atoms with Crippen LogP contribution in [0.4, 0.5) is 0 Å². The third-order valence-electron chi connectivity index (χ3n) is 2.82. The van der Waals surface area contributed by atoms with Gasteiger partial charge < -0.3 is 10.6 Å². The van der Waals surface area contributed by atoms with Gasteiger partial charge in [0.05, 0.1) is 4.99 Å². The fraction of sp³-hybridized carbons (Fsp3) is 0.583. The summed E-state index contributed by atoms with van der Waals surface area (Å²) in [6.07, 6.45) is 0.533. The van der Waals surface area contributed by atoms with E-state index in [1.54, 1.807) is 15.6 Å². The minimum absolute atomic E-state index is 0.0787. The predicted octanol–water partition coefficient (Wildman–Crippen LogP) is 1.26. The normalized spacial score (nSPS) is 10.7. The van der Waals surface area contributed by atoms with Crippen molar-refractivity contribution < 1.29 is 4.79 Å². The van der Waals surface area contributed by atoms with E-state index in [-0.39, 0.29) is 11.9 Å². The van der Waals surface area contributed by atoms with Gasteiger partial charge in [-0.15, -0.1) is 0 Å². The molecule has 0 aromatic carbocycles. The Morgan fingerprint density at radius 1 is 1.61 bits per heavy atom. The van der Waals surface area contributed by atoms with Crippen molar-refractivity contribution in [2.45, 2.75) is 33.2 Å². The molecule has 0 bridgehead atoms. The first-order valence-electron chi connectivity index (χ1n) is 5.92. The molecule has 18 heavy (non-hydrogen) atoms. The molecule has 0 aliphatic rings. The number of aromatic nitrogens is 2. The summed E-state index contributed by atoms with van der Waals surface area (Å²) in [5.74, 6) is -0.0787. The van der Waals surface area contributed by atoms with Gasteiger partial charge in [0, 0.05) is 31.7 Å². The highest BCUT2D eigenvalue weighted by molar-refractivity contribution is 7.80. The summed E-state index contributed by atoms with van der Waals surface area (Å²) in [6, 6.07) is 1.88. The summed E-state index contributed by atoms with van der Waals surface area (Å²) in [6.45, 7) is 6.38. The van der Waals surface area contributed by atoms with Gasteiger partial charge in [0.15, 0.2) is 5.69 Å². The number of hydrogen-bond acceptors (Lipinski definition) is 3. The van der Waals surface area contributed by atoms with Crippen molar-refractivity contribution in [1.82, 2.24) is 14.7 Å². The maximum absolute atomic E-state index is 12.3. The summed E-state index contributed by atoms with van der Waals surface area (Å²) in [5, 5.41) is 4.20. The molecule has 0 saturated carbocycles. The van der Waals surface area contributed by atoms with Crippen molar-refractivity contribution in [3.8, 4) is 0 Å². The molecule has 1 aromatic heterocycles. The molecule has 6 heteroatoms. The van der Waals surface area contributed by atoms with Crippen molar-refractivity contribution in [2.75, 3.05) is 6.54 Å². The van der Waals surface area contributed by atoms with Crippen LogP contribution in [0.2, 0.25) is 0 Å². The smallest absolute Gasteiger partial charge is 0.274 e. The summed E-state index contributed by atoms with van der Waals surface area (Å²) < 4.78 is 1.69. The fourth-order valence-corrected chi connectivity index (χ4v) is 1.73. The SMILES string of the molecule is Cc1cc(C(=O)N(CCC(N)=S)C(C)C)nn1C. The zero-order valence-electron chi connectivity index (χ0n) is 11.3. The number of rotatable bonds is 5. The van der Waals surface area contributed by atoms with Crippen LogP contribution in [-0.4, -0.2) is 38.2 Å². The number of hydrogen-bond donors (Lipinski definition) is 1. The van der Waals surface area contributed by atoms with Crippen LogP contribution in [-0.2, 0) is 7.05 Å². The van der Waals surface area contributed by atoms with Crippen molar-refractivity contribution in [3.63, 3.8) is 0 Å². The first-order valence-corrected chi connectivity index (χ1v) is 6.33. The Labute approximate surface area is 113 Å². The van der Waals surface area contributed by atoms with Crippen LogP contribution in [0.1, 0.15) is 36.5 Å². The lowest BCUT2D eigenvalue weighted by atomic mass is 10.2. The number of carbonyl (C=O) groups is 1. The molecular weight excluding hydrogens is 248 g/mol. The monoisotopic (exact) mass is 268 g/mol. The van der Waals surface area contributed by atoms with Crippen LogP contribution < -0.4 is 5.73 Å². The lowest BCUT2D eigenvalue weighted by Gasteiger charge is -2.25. The molecule has 0 atom stereocenters. The number of nitrogens with zero attached hydrogens (tertiary/aromatic N) is 3. The Morgan fingerprint density at radius 3 is 2.61 bits per heavy atom. The third-order valence-corrected chi connectivity index (χ3v) is 3.02. The lowest BCUT2D eigenvalue weighted by molar-refractivity contribution is 0.0705. The summed E-state index contributed by atoms with van der Waals surface area (Å²) in [4.78, 5) is 14.5. The predicted molar refractivity (Wildman–Crippen MR) is 75.5 cm³/mol. The highest BCUT2D eigenvalue weighted by atomic mass is 32.1. The average molecular weight is 268 g/mol. The molecule has 1 heterocycles. The maximum Gasteiger partial charge on any atom is 0.274 e. The zero-order chi connectivity index (χ0) is 13.9. The molecule has 1 aromatic rings. The largest absolute Gasteiger partial charge is 0.393 e. The van der Waals surface area contributed by atoms with Crippen LogP contribution >= 0.6 is 12.2 Å². The molecule has 0 fully saturated rings. The number of nitrogens with two attached hydrogens (primary N) is 1. The molecule has 1 rings (SSSR count). The van der Waals surface area contributed by atoms with E-state index in [0.717, 1.165) is 5.69 Å². The van der Waals surface area contributed by atoms with E-state index < -0.39 is 0 Å². The number of aryl methyl sites for hydroxylation is 2. The van der Waals surface area contributed by atoms with Gasteiger partial charge in [0.25, 0.3) is 5.91 Å².